The van der Waals surface area contributed by atoms with E-state index in [2.05, 4.69) is 33.4 Å². The van der Waals surface area contributed by atoms with Crippen LogP contribution in [-0.4, -0.2) is 45.3 Å². The first-order chi connectivity index (χ1) is 11.2. The number of benzene rings is 1. The van der Waals surface area contributed by atoms with E-state index in [0.717, 1.165) is 57.1 Å². The summed E-state index contributed by atoms with van der Waals surface area (Å²) in [7, 11) is 1.90. The highest BCUT2D eigenvalue weighted by molar-refractivity contribution is 5.35. The minimum absolute atomic E-state index is 0.160. The lowest BCUT2D eigenvalue weighted by atomic mass is 9.93. The maximum Gasteiger partial charge on any atom is 0.126 e. The molecule has 0 saturated carbocycles. The summed E-state index contributed by atoms with van der Waals surface area (Å²) in [5.74, 6) is 1.01. The Hall–Kier alpha value is -1.92. The summed E-state index contributed by atoms with van der Waals surface area (Å²) in [6, 6.07) is 8.35. The van der Waals surface area contributed by atoms with Crippen LogP contribution in [0.5, 0.6) is 5.75 Å². The van der Waals surface area contributed by atoms with Gasteiger partial charge in [-0.25, -0.2) is 0 Å². The van der Waals surface area contributed by atoms with Crippen LogP contribution in [0.25, 0.3) is 0 Å². The van der Waals surface area contributed by atoms with E-state index in [9.17, 15) is 0 Å². The Morgan fingerprint density at radius 1 is 1.22 bits per heavy atom. The summed E-state index contributed by atoms with van der Waals surface area (Å²) in [6.45, 7) is 4.08. The van der Waals surface area contributed by atoms with E-state index in [1.54, 1.807) is 4.68 Å². The predicted octanol–water partition coefficient (Wildman–Crippen LogP) is 1.76. The lowest BCUT2D eigenvalue weighted by Gasteiger charge is -2.38. The van der Waals surface area contributed by atoms with Crippen molar-refractivity contribution in [3.8, 4) is 5.75 Å². The predicted molar refractivity (Wildman–Crippen MR) is 85.0 cm³/mol. The first kappa shape index (κ1) is 14.7. The molecule has 1 spiro atoms. The Morgan fingerprint density at radius 3 is 2.83 bits per heavy atom. The summed E-state index contributed by atoms with van der Waals surface area (Å²) >= 11 is 0. The average Bonchev–Trinajstić information content (AvgIpc) is 2.88. The molecule has 0 N–H and O–H groups in total. The molecule has 2 aliphatic heterocycles. The molecule has 6 nitrogen and oxygen atoms in total. The van der Waals surface area contributed by atoms with Crippen LogP contribution < -0.4 is 4.74 Å². The average molecular weight is 314 g/mol. The van der Waals surface area contributed by atoms with E-state index in [1.165, 1.54) is 5.56 Å². The Bertz CT molecular complexity index is 679. The quantitative estimate of drug-likeness (QED) is 0.845. The molecule has 1 aromatic carbocycles. The van der Waals surface area contributed by atoms with Crippen molar-refractivity contribution in [2.75, 3.05) is 19.8 Å². The van der Waals surface area contributed by atoms with Gasteiger partial charge < -0.3 is 9.47 Å². The van der Waals surface area contributed by atoms with Crippen LogP contribution in [0, 0.1) is 0 Å². The van der Waals surface area contributed by atoms with E-state index in [0.29, 0.717) is 0 Å². The van der Waals surface area contributed by atoms with Gasteiger partial charge in [0.05, 0.1) is 18.9 Å². The van der Waals surface area contributed by atoms with Crippen molar-refractivity contribution in [1.82, 2.24) is 19.9 Å². The number of hydrogen-bond donors (Lipinski definition) is 0. The summed E-state index contributed by atoms with van der Waals surface area (Å²) in [5.41, 5.74) is 2.07. The number of nitrogens with zero attached hydrogens (tertiary/aromatic N) is 4. The largest absolute Gasteiger partial charge is 0.485 e. The number of rotatable bonds is 2. The molecule has 6 heteroatoms. The number of hydrogen-bond acceptors (Lipinski definition) is 5. The smallest absolute Gasteiger partial charge is 0.126 e. The number of aromatic nitrogens is 3. The van der Waals surface area contributed by atoms with Crippen LogP contribution >= 0.6 is 0 Å². The zero-order chi connectivity index (χ0) is 15.7. The van der Waals surface area contributed by atoms with Gasteiger partial charge >= 0.3 is 0 Å². The van der Waals surface area contributed by atoms with Crippen LogP contribution in [0.2, 0.25) is 0 Å². The summed E-state index contributed by atoms with van der Waals surface area (Å²) < 4.78 is 13.8. The van der Waals surface area contributed by atoms with Gasteiger partial charge in [-0.2, -0.15) is 0 Å². The highest BCUT2D eigenvalue weighted by Crippen LogP contribution is 2.35. The molecule has 122 valence electrons. The van der Waals surface area contributed by atoms with Crippen LogP contribution in [0.1, 0.15) is 24.1 Å². The molecular formula is C17H22N4O2. The number of ether oxygens (including phenoxy) is 2. The molecular weight excluding hydrogens is 292 g/mol. The Morgan fingerprint density at radius 2 is 2.04 bits per heavy atom. The normalized spacial score (nSPS) is 20.7. The third-order valence-corrected chi connectivity index (χ3v) is 4.64. The number of fused-ring (bicyclic) bond motifs is 1. The van der Waals surface area contributed by atoms with Gasteiger partial charge in [0.15, 0.2) is 0 Å². The minimum Gasteiger partial charge on any atom is -0.485 e. The van der Waals surface area contributed by atoms with Gasteiger partial charge in [0.1, 0.15) is 11.4 Å². The Labute approximate surface area is 136 Å². The van der Waals surface area contributed by atoms with Crippen LogP contribution in [0.4, 0.5) is 0 Å². The molecule has 3 heterocycles. The van der Waals surface area contributed by atoms with Crippen LogP contribution in [0.15, 0.2) is 30.5 Å². The fraction of sp³-hybridized carbons (Fsp3) is 0.529. The van der Waals surface area contributed by atoms with Gasteiger partial charge in [-0.15, -0.1) is 5.10 Å². The molecule has 2 aliphatic rings. The molecule has 23 heavy (non-hydrogen) atoms. The van der Waals surface area contributed by atoms with Crippen molar-refractivity contribution < 1.29 is 9.47 Å². The standard InChI is InChI=1S/C17H22N4O2/c1-20-11-15(18-19-20)12-21-10-14-4-2-3-5-16(14)23-17(13-21)6-8-22-9-7-17/h2-5,11H,6-10,12-13H2,1H3. The zero-order valence-electron chi connectivity index (χ0n) is 13.4. The lowest BCUT2D eigenvalue weighted by molar-refractivity contribution is -0.0595. The van der Waals surface area contributed by atoms with Crippen molar-refractivity contribution in [1.29, 1.82) is 0 Å². The van der Waals surface area contributed by atoms with E-state index in [4.69, 9.17) is 9.47 Å². The summed E-state index contributed by atoms with van der Waals surface area (Å²) in [6.07, 6.45) is 3.84. The topological polar surface area (TPSA) is 52.4 Å². The van der Waals surface area contributed by atoms with Crippen molar-refractivity contribution >= 4 is 0 Å². The molecule has 0 unspecified atom stereocenters. The Balaban J connectivity index is 1.63. The van der Waals surface area contributed by atoms with E-state index < -0.39 is 0 Å². The third kappa shape index (κ3) is 3.09. The van der Waals surface area contributed by atoms with Gasteiger partial charge in [0.2, 0.25) is 0 Å². The molecule has 1 fully saturated rings. The number of para-hydroxylation sites is 1. The van der Waals surface area contributed by atoms with Crippen molar-refractivity contribution in [2.45, 2.75) is 31.5 Å². The molecule has 0 atom stereocenters. The molecule has 0 bridgehead atoms. The SMILES string of the molecule is Cn1cc(CN2Cc3ccccc3OC3(CCOCC3)C2)nn1. The molecule has 1 saturated heterocycles. The van der Waals surface area contributed by atoms with Gasteiger partial charge in [-0.3, -0.25) is 9.58 Å². The molecule has 0 radical (unpaired) electrons. The van der Waals surface area contributed by atoms with Crippen molar-refractivity contribution in [3.63, 3.8) is 0 Å². The minimum atomic E-state index is -0.160. The van der Waals surface area contributed by atoms with E-state index in [1.807, 2.05) is 19.3 Å². The lowest BCUT2D eigenvalue weighted by Crippen LogP contribution is -2.49. The highest BCUT2D eigenvalue weighted by Gasteiger charge is 2.39. The Kier molecular flexibility index (Phi) is 3.79. The fourth-order valence-corrected chi connectivity index (χ4v) is 3.52. The fourth-order valence-electron chi connectivity index (χ4n) is 3.52. The van der Waals surface area contributed by atoms with Gasteiger partial charge in [0, 0.05) is 51.3 Å². The van der Waals surface area contributed by atoms with Gasteiger partial charge in [0.25, 0.3) is 0 Å². The third-order valence-electron chi connectivity index (χ3n) is 4.64. The maximum atomic E-state index is 6.50. The van der Waals surface area contributed by atoms with E-state index in [-0.39, 0.29) is 5.60 Å². The van der Waals surface area contributed by atoms with Crippen LogP contribution in [0.3, 0.4) is 0 Å². The summed E-state index contributed by atoms with van der Waals surface area (Å²) in [5, 5.41) is 8.28. The van der Waals surface area contributed by atoms with E-state index >= 15 is 0 Å². The second-order valence-electron chi connectivity index (χ2n) is 6.53. The second-order valence-corrected chi connectivity index (χ2v) is 6.53. The van der Waals surface area contributed by atoms with Gasteiger partial charge in [-0.05, 0) is 6.07 Å². The maximum absolute atomic E-state index is 6.50. The van der Waals surface area contributed by atoms with Gasteiger partial charge in [-0.1, -0.05) is 23.4 Å². The second kappa shape index (κ2) is 5.94. The monoisotopic (exact) mass is 314 g/mol. The summed E-state index contributed by atoms with van der Waals surface area (Å²) in [4.78, 5) is 2.42. The van der Waals surface area contributed by atoms with Crippen molar-refractivity contribution in [2.24, 2.45) is 7.05 Å². The number of aryl methyl sites for hydroxylation is 1. The highest BCUT2D eigenvalue weighted by atomic mass is 16.5. The molecule has 0 amide bonds. The molecule has 1 aromatic heterocycles. The van der Waals surface area contributed by atoms with Crippen molar-refractivity contribution in [3.05, 3.63) is 41.7 Å². The van der Waals surface area contributed by atoms with Crippen LogP contribution in [-0.2, 0) is 24.9 Å². The first-order valence-electron chi connectivity index (χ1n) is 8.15. The molecule has 0 aliphatic carbocycles. The molecule has 4 rings (SSSR count). The zero-order valence-corrected chi connectivity index (χ0v) is 13.4. The first-order valence-corrected chi connectivity index (χ1v) is 8.15. The molecule has 2 aromatic rings.